The van der Waals surface area contributed by atoms with Gasteiger partial charge in [-0.25, -0.2) is 14.2 Å². The van der Waals surface area contributed by atoms with E-state index >= 15 is 0 Å². The Hall–Kier alpha value is -3.65. The van der Waals surface area contributed by atoms with Gasteiger partial charge in [0.25, 0.3) is 5.91 Å². The number of rotatable bonds is 4. The van der Waals surface area contributed by atoms with Gasteiger partial charge < -0.3 is 9.30 Å². The molecular formula is C25H22FN3O3S. The Bertz CT molecular complexity index is 1310. The number of aromatic nitrogens is 1. The van der Waals surface area contributed by atoms with Crippen LogP contribution in [0.2, 0.25) is 0 Å². The van der Waals surface area contributed by atoms with E-state index in [9.17, 15) is 14.0 Å². The summed E-state index contributed by atoms with van der Waals surface area (Å²) in [7, 11) is 2.99. The summed E-state index contributed by atoms with van der Waals surface area (Å²) >= 11 is 1.27. The molecular weight excluding hydrogens is 441 g/mol. The molecule has 0 radical (unpaired) electrons. The third kappa shape index (κ3) is 4.34. The molecule has 3 aromatic rings. The van der Waals surface area contributed by atoms with Gasteiger partial charge in [-0.1, -0.05) is 12.1 Å². The monoisotopic (exact) mass is 463 g/mol. The summed E-state index contributed by atoms with van der Waals surface area (Å²) in [5.74, 6) is -0.896. The smallest absolute Gasteiger partial charge is 0.337 e. The molecule has 1 amide bonds. The number of thioether (sulfide) groups is 1. The number of nitrogens with zero attached hydrogens (tertiary/aromatic N) is 3. The summed E-state index contributed by atoms with van der Waals surface area (Å²) in [5, 5.41) is 0.528. The van der Waals surface area contributed by atoms with Gasteiger partial charge in [0.05, 0.1) is 29.0 Å². The van der Waals surface area contributed by atoms with Crippen molar-refractivity contribution in [3.8, 4) is 5.69 Å². The Balaban J connectivity index is 1.64. The van der Waals surface area contributed by atoms with Gasteiger partial charge in [0.2, 0.25) is 0 Å². The second kappa shape index (κ2) is 9.07. The number of aliphatic imine (C=N–C) groups is 1. The fourth-order valence-electron chi connectivity index (χ4n) is 3.63. The minimum Gasteiger partial charge on any atom is -0.465 e. The van der Waals surface area contributed by atoms with Gasteiger partial charge in [0.15, 0.2) is 5.17 Å². The molecule has 0 N–H and O–H groups in total. The first-order valence-corrected chi connectivity index (χ1v) is 11.0. The van der Waals surface area contributed by atoms with Crippen LogP contribution in [-0.4, -0.2) is 40.7 Å². The van der Waals surface area contributed by atoms with Crippen LogP contribution >= 0.6 is 11.8 Å². The largest absolute Gasteiger partial charge is 0.465 e. The molecule has 4 rings (SSSR count). The van der Waals surface area contributed by atoms with Crippen molar-refractivity contribution in [2.24, 2.45) is 4.99 Å². The quantitative estimate of drug-likeness (QED) is 0.391. The lowest BCUT2D eigenvalue weighted by atomic mass is 10.2. The Labute approximate surface area is 195 Å². The number of hydrogen-bond acceptors (Lipinski definition) is 5. The molecule has 1 aliphatic rings. The molecule has 6 nitrogen and oxygen atoms in total. The van der Waals surface area contributed by atoms with Gasteiger partial charge in [-0.2, -0.15) is 0 Å². The van der Waals surface area contributed by atoms with Crippen LogP contribution < -0.4 is 0 Å². The van der Waals surface area contributed by atoms with Crippen molar-refractivity contribution in [2.45, 2.75) is 13.8 Å². The van der Waals surface area contributed by atoms with Gasteiger partial charge in [0, 0.05) is 18.4 Å². The van der Waals surface area contributed by atoms with Crippen LogP contribution in [-0.2, 0) is 9.53 Å². The van der Waals surface area contributed by atoms with Crippen LogP contribution in [0, 0.1) is 19.7 Å². The number of amides is 1. The standard InChI is InChI=1S/C25H22FN3O3S/c1-15-13-18(16(2)29(15)21-8-6-5-7-20(21)26)14-22-23(30)28(3)25(33-22)27-19-11-9-17(10-12-19)24(31)32-4/h5-14H,1-4H3/b22-14-,27-25?. The number of para-hydroxylation sites is 1. The maximum atomic E-state index is 14.4. The Morgan fingerprint density at radius 3 is 2.48 bits per heavy atom. The zero-order chi connectivity index (χ0) is 23.7. The summed E-state index contributed by atoms with van der Waals surface area (Å²) in [4.78, 5) is 31.0. The van der Waals surface area contributed by atoms with E-state index in [0.29, 0.717) is 27.0 Å². The minimum atomic E-state index is -0.421. The third-order valence-corrected chi connectivity index (χ3v) is 6.43. The SMILES string of the molecule is COC(=O)c1ccc(N=C2S/C(=C\c3cc(C)n(-c4ccccc4F)c3C)C(=O)N2C)cc1. The number of benzene rings is 2. The Morgan fingerprint density at radius 1 is 1.12 bits per heavy atom. The fourth-order valence-corrected chi connectivity index (χ4v) is 4.61. The molecule has 0 bridgehead atoms. The number of carbonyl (C=O) groups excluding carboxylic acids is 2. The normalized spacial score (nSPS) is 16.2. The summed E-state index contributed by atoms with van der Waals surface area (Å²) < 4.78 is 20.9. The topological polar surface area (TPSA) is 63.9 Å². The second-order valence-electron chi connectivity index (χ2n) is 7.52. The Morgan fingerprint density at radius 2 is 1.82 bits per heavy atom. The van der Waals surface area contributed by atoms with Gasteiger partial charge >= 0.3 is 5.97 Å². The number of aryl methyl sites for hydroxylation is 1. The molecule has 33 heavy (non-hydrogen) atoms. The minimum absolute atomic E-state index is 0.166. The highest BCUT2D eigenvalue weighted by atomic mass is 32.2. The predicted octanol–water partition coefficient (Wildman–Crippen LogP) is 5.25. The zero-order valence-electron chi connectivity index (χ0n) is 18.6. The van der Waals surface area contributed by atoms with Crippen LogP contribution in [0.4, 0.5) is 10.1 Å². The highest BCUT2D eigenvalue weighted by Gasteiger charge is 2.31. The summed E-state index contributed by atoms with van der Waals surface area (Å²) in [6.45, 7) is 3.81. The van der Waals surface area contributed by atoms with E-state index in [4.69, 9.17) is 4.74 Å². The average Bonchev–Trinajstić information content (AvgIpc) is 3.23. The van der Waals surface area contributed by atoms with Crippen molar-refractivity contribution in [3.05, 3.63) is 87.8 Å². The van der Waals surface area contributed by atoms with E-state index in [1.165, 1.54) is 29.8 Å². The predicted molar refractivity (Wildman–Crippen MR) is 128 cm³/mol. The number of carbonyl (C=O) groups is 2. The number of halogens is 1. The van der Waals surface area contributed by atoms with Crippen molar-refractivity contribution in [1.29, 1.82) is 0 Å². The molecule has 1 aromatic heterocycles. The van der Waals surface area contributed by atoms with E-state index in [1.54, 1.807) is 49.5 Å². The molecule has 1 saturated heterocycles. The maximum absolute atomic E-state index is 14.4. The highest BCUT2D eigenvalue weighted by molar-refractivity contribution is 8.18. The van der Waals surface area contributed by atoms with Crippen molar-refractivity contribution in [1.82, 2.24) is 9.47 Å². The highest BCUT2D eigenvalue weighted by Crippen LogP contribution is 2.34. The second-order valence-corrected chi connectivity index (χ2v) is 8.53. The molecule has 2 aromatic carbocycles. The molecule has 0 spiro atoms. The lowest BCUT2D eigenvalue weighted by Gasteiger charge is -2.10. The zero-order valence-corrected chi connectivity index (χ0v) is 19.4. The van der Waals surface area contributed by atoms with Crippen LogP contribution in [0.5, 0.6) is 0 Å². The molecule has 0 unspecified atom stereocenters. The van der Waals surface area contributed by atoms with Crippen molar-refractivity contribution in [3.63, 3.8) is 0 Å². The van der Waals surface area contributed by atoms with E-state index in [0.717, 1.165) is 17.0 Å². The first-order chi connectivity index (χ1) is 15.8. The van der Waals surface area contributed by atoms with Crippen LogP contribution in [0.15, 0.2) is 64.5 Å². The Kier molecular flexibility index (Phi) is 6.20. The third-order valence-electron chi connectivity index (χ3n) is 5.37. The van der Waals surface area contributed by atoms with E-state index < -0.39 is 5.97 Å². The molecule has 168 valence electrons. The van der Waals surface area contributed by atoms with E-state index in [1.807, 2.05) is 30.6 Å². The first kappa shape index (κ1) is 22.5. The number of methoxy groups -OCH3 is 1. The number of amidine groups is 1. The molecule has 1 aliphatic heterocycles. The van der Waals surface area contributed by atoms with Crippen LogP contribution in [0.25, 0.3) is 11.8 Å². The van der Waals surface area contributed by atoms with Crippen LogP contribution in [0.1, 0.15) is 27.3 Å². The number of likely N-dealkylation sites (N-methyl/N-ethyl adjacent to an activating group) is 1. The molecule has 2 heterocycles. The van der Waals surface area contributed by atoms with E-state index in [2.05, 4.69) is 4.99 Å². The van der Waals surface area contributed by atoms with Gasteiger partial charge in [0.1, 0.15) is 5.82 Å². The van der Waals surface area contributed by atoms with Crippen molar-refractivity contribution >= 4 is 40.6 Å². The first-order valence-electron chi connectivity index (χ1n) is 10.2. The summed E-state index contributed by atoms with van der Waals surface area (Å²) in [6, 6.07) is 15.2. The lowest BCUT2D eigenvalue weighted by molar-refractivity contribution is -0.121. The summed E-state index contributed by atoms with van der Waals surface area (Å²) in [5.41, 5.74) is 4.05. The van der Waals surface area contributed by atoms with Gasteiger partial charge in [-0.3, -0.25) is 9.69 Å². The maximum Gasteiger partial charge on any atom is 0.337 e. The van der Waals surface area contributed by atoms with Crippen molar-refractivity contribution < 1.29 is 18.7 Å². The number of esters is 1. The fraction of sp³-hybridized carbons (Fsp3) is 0.160. The number of hydrogen-bond donors (Lipinski definition) is 0. The molecule has 8 heteroatoms. The lowest BCUT2D eigenvalue weighted by Crippen LogP contribution is -2.23. The van der Waals surface area contributed by atoms with Gasteiger partial charge in [-0.05, 0) is 79.7 Å². The number of ether oxygens (including phenoxy) is 1. The van der Waals surface area contributed by atoms with E-state index in [-0.39, 0.29) is 11.7 Å². The molecule has 1 fully saturated rings. The van der Waals surface area contributed by atoms with Gasteiger partial charge in [-0.15, -0.1) is 0 Å². The molecule has 0 saturated carbocycles. The average molecular weight is 464 g/mol. The van der Waals surface area contributed by atoms with Crippen molar-refractivity contribution in [2.75, 3.05) is 14.2 Å². The summed E-state index contributed by atoms with van der Waals surface area (Å²) in [6.07, 6.45) is 1.81. The molecule has 0 atom stereocenters. The van der Waals surface area contributed by atoms with Crippen LogP contribution in [0.3, 0.4) is 0 Å². The molecule has 0 aliphatic carbocycles.